The normalized spacial score (nSPS) is 12.2. The van der Waals surface area contributed by atoms with E-state index in [9.17, 15) is 5.26 Å². The summed E-state index contributed by atoms with van der Waals surface area (Å²) in [6, 6.07) is 20.5. The first-order valence-corrected chi connectivity index (χ1v) is 10.8. The zero-order chi connectivity index (χ0) is 24.2. The Labute approximate surface area is 200 Å². The van der Waals surface area contributed by atoms with Crippen LogP contribution >= 0.6 is 0 Å². The van der Waals surface area contributed by atoms with Crippen molar-refractivity contribution in [3.05, 3.63) is 96.2 Å². The van der Waals surface area contributed by atoms with Crippen molar-refractivity contribution >= 4 is 22.6 Å². The average Bonchev–Trinajstić information content (AvgIpc) is 3.57. The molecule has 0 radical (unpaired) electrons. The molecule has 9 nitrogen and oxygen atoms in total. The SMILES string of the molecule is N#CCC(c1cccc(N=C(N)c2cccc(C#N)c2)c1)n1cc(-c2ncnc3[nH]ccc23)cn1. The van der Waals surface area contributed by atoms with E-state index < -0.39 is 0 Å². The summed E-state index contributed by atoms with van der Waals surface area (Å²) in [6.45, 7) is 0. The summed E-state index contributed by atoms with van der Waals surface area (Å²) in [5.41, 5.74) is 11.2. The van der Waals surface area contributed by atoms with Gasteiger partial charge in [-0.3, -0.25) is 4.68 Å². The summed E-state index contributed by atoms with van der Waals surface area (Å²) in [5, 5.41) is 24.1. The number of benzene rings is 2. The van der Waals surface area contributed by atoms with Gasteiger partial charge < -0.3 is 10.7 Å². The van der Waals surface area contributed by atoms with Gasteiger partial charge in [-0.1, -0.05) is 24.3 Å². The number of nitrogens with two attached hydrogens (primary N) is 1. The van der Waals surface area contributed by atoms with E-state index in [1.807, 2.05) is 48.8 Å². The summed E-state index contributed by atoms with van der Waals surface area (Å²) >= 11 is 0. The molecule has 5 rings (SSSR count). The van der Waals surface area contributed by atoms with E-state index in [1.165, 1.54) is 6.33 Å². The average molecular weight is 458 g/mol. The molecule has 2 aromatic carbocycles. The van der Waals surface area contributed by atoms with Gasteiger partial charge >= 0.3 is 0 Å². The molecule has 3 N–H and O–H groups in total. The molecule has 3 aromatic heterocycles. The quantitative estimate of drug-likeness (QED) is 0.288. The third-order valence-corrected chi connectivity index (χ3v) is 5.62. The highest BCUT2D eigenvalue weighted by atomic mass is 15.3. The van der Waals surface area contributed by atoms with Gasteiger partial charge in [-0.15, -0.1) is 0 Å². The van der Waals surface area contributed by atoms with Gasteiger partial charge in [0.25, 0.3) is 0 Å². The van der Waals surface area contributed by atoms with Gasteiger partial charge in [0.1, 0.15) is 17.8 Å². The summed E-state index contributed by atoms with van der Waals surface area (Å²) in [6.07, 6.45) is 7.17. The molecule has 0 saturated heterocycles. The highest BCUT2D eigenvalue weighted by Crippen LogP contribution is 2.29. The fourth-order valence-electron chi connectivity index (χ4n) is 3.94. The molecular weight excluding hydrogens is 438 g/mol. The number of fused-ring (bicyclic) bond motifs is 1. The standard InChI is InChI=1S/C26H19N9/c27-9-7-23(35-15-20(14-33-35)24-22-8-10-30-26(22)32-16-31-24)18-4-2-6-21(12-18)34-25(29)19-5-1-3-17(11-19)13-28/h1-6,8,10-12,14-16,23H,7H2,(H2,29,34)(H,30,31,32). The Morgan fingerprint density at radius 1 is 1.11 bits per heavy atom. The molecule has 168 valence electrons. The number of hydrogen-bond acceptors (Lipinski definition) is 6. The first-order valence-electron chi connectivity index (χ1n) is 10.8. The minimum atomic E-state index is -0.324. The number of nitrogens with zero attached hydrogens (tertiary/aromatic N) is 7. The number of rotatable bonds is 6. The van der Waals surface area contributed by atoms with Crippen LogP contribution in [0, 0.1) is 22.7 Å². The number of H-pyrrole nitrogens is 1. The molecule has 0 bridgehead atoms. The van der Waals surface area contributed by atoms with Crippen LogP contribution in [-0.4, -0.2) is 30.6 Å². The van der Waals surface area contributed by atoms with Crippen molar-refractivity contribution in [2.75, 3.05) is 0 Å². The molecule has 1 atom stereocenters. The second kappa shape index (κ2) is 9.30. The van der Waals surface area contributed by atoms with Gasteiger partial charge in [0.2, 0.25) is 0 Å². The monoisotopic (exact) mass is 457 g/mol. The van der Waals surface area contributed by atoms with Gasteiger partial charge in [0, 0.05) is 28.9 Å². The lowest BCUT2D eigenvalue weighted by atomic mass is 10.0. The molecule has 0 aliphatic carbocycles. The van der Waals surface area contributed by atoms with E-state index in [0.717, 1.165) is 27.9 Å². The van der Waals surface area contributed by atoms with Gasteiger partial charge in [-0.25, -0.2) is 15.0 Å². The van der Waals surface area contributed by atoms with Crippen LogP contribution in [-0.2, 0) is 0 Å². The van der Waals surface area contributed by atoms with E-state index in [-0.39, 0.29) is 12.5 Å². The molecule has 0 aliphatic heterocycles. The maximum Gasteiger partial charge on any atom is 0.141 e. The largest absolute Gasteiger partial charge is 0.383 e. The fourth-order valence-corrected chi connectivity index (χ4v) is 3.94. The lowest BCUT2D eigenvalue weighted by molar-refractivity contribution is 0.532. The van der Waals surface area contributed by atoms with Crippen molar-refractivity contribution in [1.29, 1.82) is 10.5 Å². The predicted octanol–water partition coefficient (Wildman–Crippen LogP) is 4.23. The van der Waals surface area contributed by atoms with E-state index in [4.69, 9.17) is 11.0 Å². The van der Waals surface area contributed by atoms with Gasteiger partial charge in [-0.05, 0) is 35.9 Å². The fraction of sp³-hybridized carbons (Fsp3) is 0.0769. The molecule has 0 fully saturated rings. The third-order valence-electron chi connectivity index (χ3n) is 5.62. The number of nitriles is 2. The third kappa shape index (κ3) is 4.34. The van der Waals surface area contributed by atoms with Crippen LogP contribution in [0.3, 0.4) is 0 Å². The minimum absolute atomic E-state index is 0.220. The summed E-state index contributed by atoms with van der Waals surface area (Å²) < 4.78 is 1.77. The summed E-state index contributed by atoms with van der Waals surface area (Å²) in [7, 11) is 0. The van der Waals surface area contributed by atoms with Crippen LogP contribution in [0.5, 0.6) is 0 Å². The van der Waals surface area contributed by atoms with Crippen LogP contribution in [0.4, 0.5) is 5.69 Å². The van der Waals surface area contributed by atoms with Crippen molar-refractivity contribution in [3.63, 3.8) is 0 Å². The molecular formula is C26H19N9. The molecule has 5 aromatic rings. The lowest BCUT2D eigenvalue weighted by Crippen LogP contribution is -2.13. The van der Waals surface area contributed by atoms with E-state index in [1.54, 1.807) is 29.1 Å². The van der Waals surface area contributed by atoms with Gasteiger partial charge in [-0.2, -0.15) is 15.6 Å². The number of aromatic amines is 1. The molecule has 1 unspecified atom stereocenters. The number of nitrogens with one attached hydrogen (secondary N) is 1. The van der Waals surface area contributed by atoms with Crippen LogP contribution in [0.25, 0.3) is 22.3 Å². The maximum atomic E-state index is 9.52. The molecule has 0 aliphatic rings. The van der Waals surface area contributed by atoms with Crippen molar-refractivity contribution in [2.45, 2.75) is 12.5 Å². The first-order chi connectivity index (χ1) is 17.2. The Morgan fingerprint density at radius 3 is 2.86 bits per heavy atom. The summed E-state index contributed by atoms with van der Waals surface area (Å²) in [4.78, 5) is 16.3. The van der Waals surface area contributed by atoms with Crippen molar-refractivity contribution in [1.82, 2.24) is 24.7 Å². The molecule has 35 heavy (non-hydrogen) atoms. The molecule has 0 spiro atoms. The molecule has 0 saturated carbocycles. The lowest BCUT2D eigenvalue weighted by Gasteiger charge is -2.15. The smallest absolute Gasteiger partial charge is 0.141 e. The van der Waals surface area contributed by atoms with Crippen molar-refractivity contribution < 1.29 is 0 Å². The van der Waals surface area contributed by atoms with E-state index in [0.29, 0.717) is 22.6 Å². The maximum absolute atomic E-state index is 9.52. The highest BCUT2D eigenvalue weighted by molar-refractivity contribution is 5.99. The number of amidine groups is 1. The van der Waals surface area contributed by atoms with E-state index >= 15 is 0 Å². The number of aliphatic imine (C=N–C) groups is 1. The van der Waals surface area contributed by atoms with Crippen LogP contribution in [0.15, 0.2) is 84.5 Å². The minimum Gasteiger partial charge on any atom is -0.383 e. The zero-order valence-corrected chi connectivity index (χ0v) is 18.5. The Bertz CT molecular complexity index is 1630. The Morgan fingerprint density at radius 2 is 2.00 bits per heavy atom. The molecule has 3 heterocycles. The summed E-state index contributed by atoms with van der Waals surface area (Å²) in [5.74, 6) is 0.303. The van der Waals surface area contributed by atoms with E-state index in [2.05, 4.69) is 37.2 Å². The van der Waals surface area contributed by atoms with Gasteiger partial charge in [0.15, 0.2) is 0 Å². The topological polar surface area (TPSA) is 145 Å². The molecule has 0 amide bonds. The van der Waals surface area contributed by atoms with Crippen LogP contribution in [0.2, 0.25) is 0 Å². The predicted molar refractivity (Wildman–Crippen MR) is 131 cm³/mol. The Balaban J connectivity index is 1.48. The Kier molecular flexibility index (Phi) is 5.73. The first kappa shape index (κ1) is 21.6. The Hall–Kier alpha value is -5.28. The second-order valence-corrected chi connectivity index (χ2v) is 7.83. The number of aromatic nitrogens is 5. The van der Waals surface area contributed by atoms with Gasteiger partial charge in [0.05, 0.1) is 47.7 Å². The highest BCUT2D eigenvalue weighted by Gasteiger charge is 2.17. The zero-order valence-electron chi connectivity index (χ0n) is 18.5. The number of hydrogen-bond donors (Lipinski definition) is 2. The molecule has 9 heteroatoms. The van der Waals surface area contributed by atoms with Crippen molar-refractivity contribution in [2.24, 2.45) is 10.7 Å². The second-order valence-electron chi connectivity index (χ2n) is 7.83. The van der Waals surface area contributed by atoms with Crippen molar-refractivity contribution in [3.8, 4) is 23.4 Å². The van der Waals surface area contributed by atoms with Crippen LogP contribution < -0.4 is 5.73 Å². The van der Waals surface area contributed by atoms with Crippen LogP contribution in [0.1, 0.15) is 29.2 Å².